The van der Waals surface area contributed by atoms with Crippen LogP contribution in [0.5, 0.6) is 0 Å². The van der Waals surface area contributed by atoms with E-state index in [1.54, 1.807) is 6.07 Å². The molecule has 1 aromatic carbocycles. The van der Waals surface area contributed by atoms with E-state index < -0.39 is 5.82 Å². The van der Waals surface area contributed by atoms with Crippen molar-refractivity contribution in [1.82, 2.24) is 9.97 Å². The van der Waals surface area contributed by atoms with Gasteiger partial charge in [0, 0.05) is 11.3 Å². The lowest BCUT2D eigenvalue weighted by Crippen LogP contribution is -1.84. The van der Waals surface area contributed by atoms with E-state index in [4.69, 9.17) is 23.2 Å². The van der Waals surface area contributed by atoms with Crippen molar-refractivity contribution in [2.45, 2.75) is 12.8 Å². The molecule has 0 saturated heterocycles. The van der Waals surface area contributed by atoms with Crippen molar-refractivity contribution >= 4 is 23.2 Å². The Morgan fingerprint density at radius 1 is 1.44 bits per heavy atom. The molecule has 2 rings (SSSR count). The molecule has 2 aromatic rings. The Balaban J connectivity index is 2.46. The number of rotatable bonds is 2. The topological polar surface area (TPSA) is 28.7 Å². The van der Waals surface area contributed by atoms with Gasteiger partial charge in [-0.2, -0.15) is 0 Å². The SMILES string of the molecule is Cc1[nH]c(-c2ccc(Cl)c(F)c2)nc1CCl. The summed E-state index contributed by atoms with van der Waals surface area (Å²) in [6.07, 6.45) is 0. The van der Waals surface area contributed by atoms with E-state index in [1.807, 2.05) is 6.92 Å². The summed E-state index contributed by atoms with van der Waals surface area (Å²) >= 11 is 11.3. The standard InChI is InChI=1S/C11H9Cl2FN2/c1-6-10(5-12)16-11(15-6)7-2-3-8(13)9(14)4-7/h2-4H,5H2,1H3,(H,15,16). The zero-order valence-corrected chi connectivity index (χ0v) is 10.0. The average Bonchev–Trinajstić information content (AvgIpc) is 2.64. The Morgan fingerprint density at radius 3 is 2.75 bits per heavy atom. The maximum atomic E-state index is 13.3. The number of hydrogen-bond acceptors (Lipinski definition) is 1. The Labute approximate surface area is 102 Å². The van der Waals surface area contributed by atoms with Gasteiger partial charge in [-0.05, 0) is 25.1 Å². The summed E-state index contributed by atoms with van der Waals surface area (Å²) in [5.41, 5.74) is 2.31. The van der Waals surface area contributed by atoms with Crippen LogP contribution < -0.4 is 0 Å². The molecule has 0 atom stereocenters. The Morgan fingerprint density at radius 2 is 2.19 bits per heavy atom. The first-order valence-electron chi connectivity index (χ1n) is 4.68. The molecule has 2 nitrogen and oxygen atoms in total. The van der Waals surface area contributed by atoms with Crippen molar-refractivity contribution < 1.29 is 4.39 Å². The third-order valence-electron chi connectivity index (χ3n) is 2.31. The Bertz CT molecular complexity index is 523. The van der Waals surface area contributed by atoms with E-state index in [0.717, 1.165) is 11.4 Å². The summed E-state index contributed by atoms with van der Waals surface area (Å²) in [5, 5.41) is 0.101. The van der Waals surface area contributed by atoms with Gasteiger partial charge in [-0.15, -0.1) is 11.6 Å². The van der Waals surface area contributed by atoms with Gasteiger partial charge in [-0.3, -0.25) is 0 Å². The number of hydrogen-bond donors (Lipinski definition) is 1. The number of nitrogens with zero attached hydrogens (tertiary/aromatic N) is 1. The number of nitrogens with one attached hydrogen (secondary N) is 1. The second-order valence-corrected chi connectivity index (χ2v) is 4.09. The summed E-state index contributed by atoms with van der Waals surface area (Å²) in [7, 11) is 0. The molecule has 16 heavy (non-hydrogen) atoms. The lowest BCUT2D eigenvalue weighted by atomic mass is 10.2. The van der Waals surface area contributed by atoms with Crippen molar-refractivity contribution in [2.24, 2.45) is 0 Å². The maximum Gasteiger partial charge on any atom is 0.142 e. The fourth-order valence-electron chi connectivity index (χ4n) is 1.41. The number of imidazole rings is 1. The summed E-state index contributed by atoms with van der Waals surface area (Å²) < 4.78 is 13.3. The fourth-order valence-corrected chi connectivity index (χ4v) is 1.78. The highest BCUT2D eigenvalue weighted by molar-refractivity contribution is 6.30. The van der Waals surface area contributed by atoms with E-state index >= 15 is 0 Å². The van der Waals surface area contributed by atoms with Crippen molar-refractivity contribution in [3.05, 3.63) is 40.4 Å². The zero-order valence-electron chi connectivity index (χ0n) is 8.52. The average molecular weight is 259 g/mol. The molecule has 0 spiro atoms. The van der Waals surface area contributed by atoms with Crippen molar-refractivity contribution in [2.75, 3.05) is 0 Å². The smallest absolute Gasteiger partial charge is 0.142 e. The molecule has 0 aliphatic carbocycles. The number of aromatic nitrogens is 2. The fraction of sp³-hybridized carbons (Fsp3) is 0.182. The molecule has 0 radical (unpaired) electrons. The van der Waals surface area contributed by atoms with E-state index in [9.17, 15) is 4.39 Å². The zero-order chi connectivity index (χ0) is 11.7. The third-order valence-corrected chi connectivity index (χ3v) is 2.86. The minimum atomic E-state index is -0.458. The monoisotopic (exact) mass is 258 g/mol. The minimum absolute atomic E-state index is 0.101. The molecule has 0 aliphatic rings. The Kier molecular flexibility index (Phi) is 3.17. The van der Waals surface area contributed by atoms with Gasteiger partial charge in [0.25, 0.3) is 0 Å². The number of aryl methyl sites for hydroxylation is 1. The molecule has 84 valence electrons. The molecule has 0 unspecified atom stereocenters. The van der Waals surface area contributed by atoms with Gasteiger partial charge in [0.05, 0.1) is 16.6 Å². The van der Waals surface area contributed by atoms with Gasteiger partial charge in [0.15, 0.2) is 0 Å². The van der Waals surface area contributed by atoms with Crippen LogP contribution in [0.25, 0.3) is 11.4 Å². The van der Waals surface area contributed by atoms with Gasteiger partial charge < -0.3 is 4.98 Å². The van der Waals surface area contributed by atoms with Crippen LogP contribution in [0.4, 0.5) is 4.39 Å². The second-order valence-electron chi connectivity index (χ2n) is 3.42. The predicted octanol–water partition coefficient (Wildman–Crippen LogP) is 3.92. The van der Waals surface area contributed by atoms with Crippen LogP contribution in [0.15, 0.2) is 18.2 Å². The van der Waals surface area contributed by atoms with Crippen molar-refractivity contribution in [1.29, 1.82) is 0 Å². The molecule has 0 saturated carbocycles. The predicted molar refractivity (Wildman–Crippen MR) is 63.3 cm³/mol. The van der Waals surface area contributed by atoms with Crippen LogP contribution in [-0.4, -0.2) is 9.97 Å². The lowest BCUT2D eigenvalue weighted by Gasteiger charge is -1.98. The highest BCUT2D eigenvalue weighted by Crippen LogP contribution is 2.23. The van der Waals surface area contributed by atoms with Crippen LogP contribution in [0, 0.1) is 12.7 Å². The van der Waals surface area contributed by atoms with Crippen LogP contribution in [0.3, 0.4) is 0 Å². The lowest BCUT2D eigenvalue weighted by molar-refractivity contribution is 0.628. The molecule has 0 aliphatic heterocycles. The van der Waals surface area contributed by atoms with E-state index in [1.165, 1.54) is 12.1 Å². The number of benzene rings is 1. The van der Waals surface area contributed by atoms with Gasteiger partial charge in [0.2, 0.25) is 0 Å². The first kappa shape index (κ1) is 11.4. The van der Waals surface area contributed by atoms with Crippen molar-refractivity contribution in [3.8, 4) is 11.4 Å². The van der Waals surface area contributed by atoms with Crippen LogP contribution in [-0.2, 0) is 5.88 Å². The van der Waals surface area contributed by atoms with Gasteiger partial charge in [-0.1, -0.05) is 11.6 Å². The molecular formula is C11H9Cl2FN2. The third kappa shape index (κ3) is 2.06. The highest BCUT2D eigenvalue weighted by atomic mass is 35.5. The molecule has 0 amide bonds. The summed E-state index contributed by atoms with van der Waals surface area (Å²) in [5.74, 6) is 0.475. The highest BCUT2D eigenvalue weighted by Gasteiger charge is 2.09. The largest absolute Gasteiger partial charge is 0.342 e. The van der Waals surface area contributed by atoms with Gasteiger partial charge in [-0.25, -0.2) is 9.37 Å². The van der Waals surface area contributed by atoms with E-state index in [2.05, 4.69) is 9.97 Å². The van der Waals surface area contributed by atoms with Crippen LogP contribution in [0.1, 0.15) is 11.4 Å². The van der Waals surface area contributed by atoms with Crippen LogP contribution in [0.2, 0.25) is 5.02 Å². The normalized spacial score (nSPS) is 10.8. The molecule has 5 heteroatoms. The minimum Gasteiger partial charge on any atom is -0.342 e. The number of aromatic amines is 1. The number of halogens is 3. The quantitative estimate of drug-likeness (QED) is 0.813. The van der Waals surface area contributed by atoms with Gasteiger partial charge >= 0.3 is 0 Å². The number of alkyl halides is 1. The van der Waals surface area contributed by atoms with E-state index in [0.29, 0.717) is 17.3 Å². The first-order valence-corrected chi connectivity index (χ1v) is 5.60. The molecule has 1 heterocycles. The first-order chi connectivity index (χ1) is 7.61. The van der Waals surface area contributed by atoms with Gasteiger partial charge in [0.1, 0.15) is 11.6 Å². The second kappa shape index (κ2) is 4.44. The van der Waals surface area contributed by atoms with E-state index in [-0.39, 0.29) is 5.02 Å². The summed E-state index contributed by atoms with van der Waals surface area (Å²) in [4.78, 5) is 7.33. The Hall–Kier alpha value is -1.06. The maximum absolute atomic E-state index is 13.3. The molecule has 1 aromatic heterocycles. The molecule has 1 N–H and O–H groups in total. The summed E-state index contributed by atoms with van der Waals surface area (Å²) in [6.45, 7) is 1.88. The molecule has 0 fully saturated rings. The molecular weight excluding hydrogens is 250 g/mol. The number of H-pyrrole nitrogens is 1. The molecule has 0 bridgehead atoms. The van der Waals surface area contributed by atoms with Crippen molar-refractivity contribution in [3.63, 3.8) is 0 Å². The summed E-state index contributed by atoms with van der Waals surface area (Å²) in [6, 6.07) is 4.56. The van der Waals surface area contributed by atoms with Crippen LogP contribution >= 0.6 is 23.2 Å².